The summed E-state index contributed by atoms with van der Waals surface area (Å²) in [5, 5.41) is 9.52. The largest absolute Gasteiger partial charge is 0.480 e. The maximum absolute atomic E-state index is 11.6. The number of hydrogen-bond acceptors (Lipinski definition) is 4. The molecule has 0 spiro atoms. The molecule has 0 aliphatic rings. The first-order valence-electron chi connectivity index (χ1n) is 6.92. The molecule has 0 heterocycles. The minimum absolute atomic E-state index is 0.260. The number of benzene rings is 1. The number of carboxylic acids is 1. The van der Waals surface area contributed by atoms with E-state index in [0.29, 0.717) is 25.3 Å². The third-order valence-electron chi connectivity index (χ3n) is 3.35. The average Bonchev–Trinajstić information content (AvgIpc) is 2.47. The van der Waals surface area contributed by atoms with E-state index in [1.165, 1.54) is 0 Å². The molecule has 0 aliphatic carbocycles. The molecule has 1 rings (SSSR count). The van der Waals surface area contributed by atoms with Gasteiger partial charge in [-0.1, -0.05) is 37.3 Å². The van der Waals surface area contributed by atoms with Crippen molar-refractivity contribution < 1.29 is 14.6 Å². The second-order valence-electron chi connectivity index (χ2n) is 4.71. The number of carbonyl (C=O) groups is 1. The third kappa shape index (κ3) is 4.30. The fourth-order valence-corrected chi connectivity index (χ4v) is 2.06. The first kappa shape index (κ1) is 16.6. The summed E-state index contributed by atoms with van der Waals surface area (Å²) in [4.78, 5) is 13.6. The Morgan fingerprint density at radius 2 is 2.00 bits per heavy atom. The van der Waals surface area contributed by atoms with Gasteiger partial charge in [-0.25, -0.2) is 4.79 Å². The molecule has 5 heteroatoms. The lowest BCUT2D eigenvalue weighted by atomic mass is 9.90. The van der Waals surface area contributed by atoms with Crippen molar-refractivity contribution in [3.8, 4) is 0 Å². The average molecular weight is 280 g/mol. The molecule has 0 amide bonds. The van der Waals surface area contributed by atoms with Crippen LogP contribution in [0, 0.1) is 0 Å². The van der Waals surface area contributed by atoms with Crippen molar-refractivity contribution in [3.05, 3.63) is 35.9 Å². The van der Waals surface area contributed by atoms with Gasteiger partial charge in [-0.3, -0.25) is 4.90 Å². The van der Waals surface area contributed by atoms with Crippen LogP contribution in [-0.2, 0) is 15.1 Å². The second kappa shape index (κ2) is 7.99. The zero-order chi connectivity index (χ0) is 15.0. The number of ether oxygens (including phenoxy) is 1. The van der Waals surface area contributed by atoms with Gasteiger partial charge in [-0.15, -0.1) is 0 Å². The number of nitrogens with zero attached hydrogens (tertiary/aromatic N) is 1. The molecule has 112 valence electrons. The van der Waals surface area contributed by atoms with Gasteiger partial charge in [-0.2, -0.15) is 0 Å². The Hall–Kier alpha value is -1.43. The molecule has 0 aromatic heterocycles. The summed E-state index contributed by atoms with van der Waals surface area (Å²) in [7, 11) is 0. The van der Waals surface area contributed by atoms with Crippen molar-refractivity contribution in [2.24, 2.45) is 5.73 Å². The molecule has 0 saturated carbocycles. The van der Waals surface area contributed by atoms with Crippen molar-refractivity contribution in [1.82, 2.24) is 4.90 Å². The number of carboxylic acid groups (broad SMARTS) is 1. The molecule has 0 saturated heterocycles. The molecule has 3 N–H and O–H groups in total. The van der Waals surface area contributed by atoms with E-state index in [1.807, 2.05) is 24.8 Å². The van der Waals surface area contributed by atoms with Crippen LogP contribution in [-0.4, -0.2) is 48.8 Å². The molecule has 20 heavy (non-hydrogen) atoms. The van der Waals surface area contributed by atoms with Crippen LogP contribution in [0.15, 0.2) is 30.3 Å². The molecule has 0 aliphatic heterocycles. The Labute approximate surface area is 120 Å². The summed E-state index contributed by atoms with van der Waals surface area (Å²) in [6.07, 6.45) is 0. The lowest BCUT2D eigenvalue weighted by Crippen LogP contribution is -2.54. The van der Waals surface area contributed by atoms with Crippen LogP contribution in [0.2, 0.25) is 0 Å². The van der Waals surface area contributed by atoms with E-state index in [0.717, 1.165) is 6.54 Å². The maximum atomic E-state index is 11.6. The molecular weight excluding hydrogens is 256 g/mol. The van der Waals surface area contributed by atoms with Crippen LogP contribution in [0.25, 0.3) is 0 Å². The fourth-order valence-electron chi connectivity index (χ4n) is 2.06. The second-order valence-corrected chi connectivity index (χ2v) is 4.71. The zero-order valence-electron chi connectivity index (χ0n) is 12.2. The van der Waals surface area contributed by atoms with Gasteiger partial charge in [0.1, 0.15) is 0 Å². The topological polar surface area (TPSA) is 75.8 Å². The monoisotopic (exact) mass is 280 g/mol. The first-order chi connectivity index (χ1) is 9.54. The van der Waals surface area contributed by atoms with Crippen molar-refractivity contribution >= 4 is 5.97 Å². The molecule has 0 fully saturated rings. The summed E-state index contributed by atoms with van der Waals surface area (Å²) in [6, 6.07) is 8.96. The molecule has 1 aromatic rings. The smallest absolute Gasteiger partial charge is 0.329 e. The van der Waals surface area contributed by atoms with Gasteiger partial charge in [0.2, 0.25) is 0 Å². The van der Waals surface area contributed by atoms with Crippen LogP contribution >= 0.6 is 0 Å². The third-order valence-corrected chi connectivity index (χ3v) is 3.35. The predicted octanol–water partition coefficient (Wildman–Crippen LogP) is 1.28. The van der Waals surface area contributed by atoms with Crippen molar-refractivity contribution in [1.29, 1.82) is 0 Å². The minimum Gasteiger partial charge on any atom is -0.480 e. The van der Waals surface area contributed by atoms with E-state index >= 15 is 0 Å². The minimum atomic E-state index is -1.40. The normalized spacial score (nSPS) is 14.2. The van der Waals surface area contributed by atoms with E-state index in [-0.39, 0.29) is 6.54 Å². The van der Waals surface area contributed by atoms with Gasteiger partial charge in [0.25, 0.3) is 0 Å². The van der Waals surface area contributed by atoms with Gasteiger partial charge in [-0.05, 0) is 19.0 Å². The highest BCUT2D eigenvalue weighted by atomic mass is 16.5. The highest BCUT2D eigenvalue weighted by molar-refractivity contribution is 5.80. The standard InChI is InChI=1S/C15H24N2O3/c1-3-17(10-11-20-4-2)12-15(16,14(18)19)13-8-6-5-7-9-13/h5-9H,3-4,10-12,16H2,1-2H3,(H,18,19). The van der Waals surface area contributed by atoms with Crippen LogP contribution < -0.4 is 5.73 Å². The van der Waals surface area contributed by atoms with Gasteiger partial charge in [0.15, 0.2) is 5.54 Å². The number of likely N-dealkylation sites (N-methyl/N-ethyl adjacent to an activating group) is 1. The summed E-state index contributed by atoms with van der Waals surface area (Å²) < 4.78 is 5.32. The Balaban J connectivity index is 2.83. The maximum Gasteiger partial charge on any atom is 0.329 e. The highest BCUT2D eigenvalue weighted by Crippen LogP contribution is 2.20. The van der Waals surface area contributed by atoms with Crippen LogP contribution in [0.3, 0.4) is 0 Å². The van der Waals surface area contributed by atoms with Crippen molar-refractivity contribution in [2.45, 2.75) is 19.4 Å². The van der Waals surface area contributed by atoms with Crippen molar-refractivity contribution in [2.75, 3.05) is 32.8 Å². The molecular formula is C15H24N2O3. The summed E-state index contributed by atoms with van der Waals surface area (Å²) in [5.74, 6) is -1.02. The summed E-state index contributed by atoms with van der Waals surface area (Å²) in [5.41, 5.74) is 5.37. The predicted molar refractivity (Wildman–Crippen MR) is 78.6 cm³/mol. The van der Waals surface area contributed by atoms with Crippen LogP contribution in [0.1, 0.15) is 19.4 Å². The van der Waals surface area contributed by atoms with Crippen molar-refractivity contribution in [3.63, 3.8) is 0 Å². The number of nitrogens with two attached hydrogens (primary N) is 1. The Morgan fingerprint density at radius 3 is 2.50 bits per heavy atom. The fraction of sp³-hybridized carbons (Fsp3) is 0.533. The Kier molecular flexibility index (Phi) is 6.64. The number of rotatable bonds is 9. The zero-order valence-corrected chi connectivity index (χ0v) is 12.2. The van der Waals surface area contributed by atoms with E-state index in [9.17, 15) is 9.90 Å². The molecule has 0 bridgehead atoms. The Morgan fingerprint density at radius 1 is 1.35 bits per heavy atom. The highest BCUT2D eigenvalue weighted by Gasteiger charge is 2.37. The van der Waals surface area contributed by atoms with E-state index < -0.39 is 11.5 Å². The lowest BCUT2D eigenvalue weighted by molar-refractivity contribution is -0.144. The molecule has 1 unspecified atom stereocenters. The molecule has 5 nitrogen and oxygen atoms in total. The SMILES string of the molecule is CCOCCN(CC)CC(N)(C(=O)O)c1ccccc1. The van der Waals surface area contributed by atoms with Gasteiger partial charge in [0.05, 0.1) is 6.61 Å². The molecule has 0 radical (unpaired) electrons. The van der Waals surface area contributed by atoms with Crippen LogP contribution in [0.5, 0.6) is 0 Å². The molecule has 1 aromatic carbocycles. The van der Waals surface area contributed by atoms with E-state index in [1.54, 1.807) is 24.3 Å². The van der Waals surface area contributed by atoms with Gasteiger partial charge >= 0.3 is 5.97 Å². The summed E-state index contributed by atoms with van der Waals surface area (Å²) in [6.45, 7) is 6.81. The number of aliphatic carboxylic acids is 1. The number of hydrogen-bond donors (Lipinski definition) is 2. The Bertz CT molecular complexity index is 411. The molecule has 1 atom stereocenters. The summed E-state index contributed by atoms with van der Waals surface area (Å²) >= 11 is 0. The van der Waals surface area contributed by atoms with Gasteiger partial charge in [0, 0.05) is 19.7 Å². The van der Waals surface area contributed by atoms with Crippen LogP contribution in [0.4, 0.5) is 0 Å². The van der Waals surface area contributed by atoms with E-state index in [2.05, 4.69) is 0 Å². The lowest BCUT2D eigenvalue weighted by Gasteiger charge is -2.32. The first-order valence-corrected chi connectivity index (χ1v) is 6.92. The quantitative estimate of drug-likeness (QED) is 0.667. The van der Waals surface area contributed by atoms with E-state index in [4.69, 9.17) is 10.5 Å². The van der Waals surface area contributed by atoms with Gasteiger partial charge < -0.3 is 15.6 Å².